The van der Waals surface area contributed by atoms with Crippen molar-refractivity contribution in [1.82, 2.24) is 39.9 Å². The summed E-state index contributed by atoms with van der Waals surface area (Å²) in [7, 11) is 0. The van der Waals surface area contributed by atoms with Crippen LogP contribution >= 0.6 is 0 Å². The van der Waals surface area contributed by atoms with Crippen molar-refractivity contribution < 1.29 is 0 Å². The molecule has 0 saturated heterocycles. The summed E-state index contributed by atoms with van der Waals surface area (Å²) in [5.41, 5.74) is 43.3. The van der Waals surface area contributed by atoms with E-state index in [4.69, 9.17) is 19.9 Å². The van der Waals surface area contributed by atoms with Crippen LogP contribution < -0.4 is 0 Å². The second kappa shape index (κ2) is 33.8. The minimum Gasteiger partial charge on any atom is -0.354 e. The average Bonchev–Trinajstić information content (AvgIpc) is 1.59. The highest BCUT2D eigenvalue weighted by atomic mass is 14.8. The van der Waals surface area contributed by atoms with Crippen LogP contribution in [0.3, 0.4) is 0 Å². The molecule has 16 bridgehead atoms. The van der Waals surface area contributed by atoms with Gasteiger partial charge in [-0.1, -0.05) is 383 Å². The van der Waals surface area contributed by atoms with Crippen molar-refractivity contribution in [3.8, 4) is 89.0 Å². The quantitative estimate of drug-likeness (QED) is 0.121. The molecule has 0 unspecified atom stereocenters. The monoisotopic (exact) mass is 1820 g/mol. The molecule has 0 aliphatic carbocycles. The summed E-state index contributed by atoms with van der Waals surface area (Å²) in [6, 6.07) is 71.1. The first-order valence-corrected chi connectivity index (χ1v) is 50.3. The van der Waals surface area contributed by atoms with Crippen LogP contribution in [0.5, 0.6) is 0 Å². The van der Waals surface area contributed by atoms with Crippen LogP contribution in [0, 0.1) is 0 Å². The molecule has 0 saturated carbocycles. The van der Waals surface area contributed by atoms with Crippen molar-refractivity contribution in [3.05, 3.63) is 294 Å². The van der Waals surface area contributed by atoms with Crippen molar-refractivity contribution >= 4 is 92.7 Å². The zero-order chi connectivity index (χ0) is 99.9. The number of hydrogen-bond donors (Lipinski definition) is 4. The highest BCUT2D eigenvalue weighted by Gasteiger charge is 2.34. The van der Waals surface area contributed by atoms with Crippen LogP contribution in [0.15, 0.2) is 182 Å². The molecule has 710 valence electrons. The van der Waals surface area contributed by atoms with Gasteiger partial charge in [0.15, 0.2) is 0 Å². The van der Waals surface area contributed by atoms with Crippen molar-refractivity contribution in [2.75, 3.05) is 0 Å². The summed E-state index contributed by atoms with van der Waals surface area (Å²) in [6.45, 7) is 84.0. The molecule has 6 aromatic heterocycles. The van der Waals surface area contributed by atoms with Crippen LogP contribution in [0.25, 0.3) is 182 Å². The summed E-state index contributed by atoms with van der Waals surface area (Å²) >= 11 is 0. The predicted octanol–water partition coefficient (Wildman–Crippen LogP) is 36.5. The smallest absolute Gasteiger partial charge is 0.0737 e. The number of aromatic nitrogens is 8. The Balaban J connectivity index is 1.07. The molecule has 4 aliphatic rings. The van der Waals surface area contributed by atoms with E-state index in [0.29, 0.717) is 0 Å². The fraction of sp³-hybridized carbons (Fsp3) is 0.369. The molecule has 0 fully saturated rings. The van der Waals surface area contributed by atoms with Gasteiger partial charge in [0.25, 0.3) is 0 Å². The van der Waals surface area contributed by atoms with E-state index < -0.39 is 0 Å². The standard InChI is InChI=1S/C130H150N8/c1-119(2,3)81-57-75(58-82(69-81)120(4,5)6)111-95-41-45-99(131-95)113(77-61-85(123(13,14)15)71-86(62-77)124(16,17)18)103-49-53-107(135-103)117(108-54-50-104(136-108)114(100-46-42-96(111)132-100)78-63-87(125(19,20)21)72-88(64-78)126(22,23)24)93-39-37-38-40-94(93)118-109-55-51-105(137-109)115(79-65-89(127(25,26)27)73-90(66-79)128(28,29)30)101-47-43-97(133-101)112(76-59-83(121(7,8)9)70-84(60-76)122(10,11)12)98-44-48-102(134-98)116(106-52-56-110(118)138-106)80-67-91(129(31,32)33)74-92(68-80)130(34,35)36/h37-74,131,133,136,138H,1-36H3. The first-order valence-electron chi connectivity index (χ1n) is 50.3. The maximum absolute atomic E-state index is 6.22. The second-order valence-electron chi connectivity index (χ2n) is 52.3. The number of benzene rings is 7. The third-order valence-corrected chi connectivity index (χ3v) is 28.7. The molecule has 0 spiro atoms. The maximum atomic E-state index is 6.22. The number of H-pyrrole nitrogens is 4. The molecule has 0 radical (unpaired) electrons. The molecular weight excluding hydrogens is 1670 g/mol. The van der Waals surface area contributed by atoms with Gasteiger partial charge in [0.2, 0.25) is 0 Å². The van der Waals surface area contributed by atoms with E-state index in [2.05, 4.69) is 500 Å². The topological polar surface area (TPSA) is 115 Å². The van der Waals surface area contributed by atoms with E-state index in [1.807, 2.05) is 0 Å². The first-order chi connectivity index (χ1) is 63.9. The Labute approximate surface area is 824 Å². The summed E-state index contributed by atoms with van der Waals surface area (Å²) in [6.07, 6.45) is 18.2. The minimum absolute atomic E-state index is 0.168. The number of nitrogens with zero attached hydrogens (tertiary/aromatic N) is 4. The van der Waals surface area contributed by atoms with Gasteiger partial charge in [0, 0.05) is 88.6 Å². The molecule has 4 N–H and O–H groups in total. The lowest BCUT2D eigenvalue weighted by atomic mass is 9.78. The molecule has 10 heterocycles. The normalized spacial score (nSPS) is 13.8. The summed E-state index contributed by atoms with van der Waals surface area (Å²) < 4.78 is 0. The fourth-order valence-electron chi connectivity index (χ4n) is 19.5. The van der Waals surface area contributed by atoms with E-state index in [9.17, 15) is 0 Å². The Bertz CT molecular complexity index is 6830. The number of rotatable bonds is 8. The average molecular weight is 1820 g/mol. The summed E-state index contributed by atoms with van der Waals surface area (Å²) in [5.74, 6) is 0. The molecule has 0 atom stereocenters. The molecule has 8 heteroatoms. The van der Waals surface area contributed by atoms with Crippen LogP contribution in [-0.2, 0) is 65.0 Å². The van der Waals surface area contributed by atoms with Gasteiger partial charge in [-0.05, 0) is 273 Å². The lowest BCUT2D eigenvalue weighted by Gasteiger charge is -2.26. The van der Waals surface area contributed by atoms with Crippen LogP contribution in [0.4, 0.5) is 0 Å². The van der Waals surface area contributed by atoms with Crippen molar-refractivity contribution in [2.45, 2.75) is 314 Å². The van der Waals surface area contributed by atoms with Gasteiger partial charge in [0.1, 0.15) is 0 Å². The Hall–Kier alpha value is -12.3. The zero-order valence-corrected chi connectivity index (χ0v) is 89.7. The molecule has 13 aromatic rings. The van der Waals surface area contributed by atoms with Crippen LogP contribution in [-0.4, -0.2) is 39.9 Å². The largest absolute Gasteiger partial charge is 0.354 e. The first kappa shape index (κ1) is 97.4. The molecular formula is C130H150N8. The Kier molecular flexibility index (Phi) is 23.8. The van der Waals surface area contributed by atoms with Gasteiger partial charge in [0.05, 0.1) is 45.6 Å². The van der Waals surface area contributed by atoms with E-state index >= 15 is 0 Å². The Morgan fingerprint density at radius 3 is 0.384 bits per heavy atom. The van der Waals surface area contributed by atoms with Gasteiger partial charge < -0.3 is 19.9 Å². The van der Waals surface area contributed by atoms with Crippen molar-refractivity contribution in [2.24, 2.45) is 0 Å². The predicted molar refractivity (Wildman–Crippen MR) is 599 cm³/mol. The van der Waals surface area contributed by atoms with E-state index in [1.54, 1.807) is 0 Å². The van der Waals surface area contributed by atoms with E-state index in [1.165, 1.54) is 66.8 Å². The summed E-state index contributed by atoms with van der Waals surface area (Å²) in [4.78, 5) is 41.7. The van der Waals surface area contributed by atoms with Crippen LogP contribution in [0.2, 0.25) is 0 Å². The number of nitrogens with one attached hydrogen (secondary N) is 4. The number of hydrogen-bond acceptors (Lipinski definition) is 4. The van der Waals surface area contributed by atoms with Crippen LogP contribution in [0.1, 0.15) is 362 Å². The van der Waals surface area contributed by atoms with Gasteiger partial charge in [-0.15, -0.1) is 0 Å². The molecule has 17 rings (SSSR count). The highest BCUT2D eigenvalue weighted by Crippen LogP contribution is 2.51. The SMILES string of the molecule is CC(C)(C)c1cc(-c2c3nc(c(-c4cc(C(C)(C)C)cc(C(C)(C)C)c4)c4ccc([nH]4)c(-c4ccccc4-c4c5nc(c(-c6cc(C(C)(C)C)cc(C(C)(C)C)c6)c6ccc([nH]6)c(-c6cc(C(C)(C)C)cc(C(C)(C)C)c6)c6nc(c(-c7cc(C(C)(C)C)cc(C(C)(C)C)c7)c7ccc4[nH]7)C=C6)C=C5)c4nc(c(-c5cc(C(C)(C)C)cc(C(C)(C)C)c5)c5ccc2[nH]5)C=C4)C=C3)cc(C(C)(C)C)c1. The minimum atomic E-state index is -0.201. The molecule has 7 aromatic carbocycles. The fourth-order valence-corrected chi connectivity index (χ4v) is 19.5. The van der Waals surface area contributed by atoms with E-state index in [0.717, 1.165) is 179 Å². The highest BCUT2D eigenvalue weighted by molar-refractivity contribution is 6.07. The van der Waals surface area contributed by atoms with Gasteiger partial charge in [-0.2, -0.15) is 0 Å². The Morgan fingerprint density at radius 2 is 0.261 bits per heavy atom. The zero-order valence-electron chi connectivity index (χ0n) is 89.7. The number of aromatic amines is 4. The second-order valence-corrected chi connectivity index (χ2v) is 52.3. The molecule has 4 aliphatic heterocycles. The third-order valence-electron chi connectivity index (χ3n) is 28.7. The maximum Gasteiger partial charge on any atom is 0.0737 e. The van der Waals surface area contributed by atoms with Gasteiger partial charge >= 0.3 is 0 Å². The Morgan fingerprint density at radius 1 is 0.145 bits per heavy atom. The van der Waals surface area contributed by atoms with Crippen molar-refractivity contribution in [3.63, 3.8) is 0 Å². The lowest BCUT2D eigenvalue weighted by molar-refractivity contribution is 0.568. The molecule has 138 heavy (non-hydrogen) atoms. The third kappa shape index (κ3) is 19.3. The molecule has 0 amide bonds. The lowest BCUT2D eigenvalue weighted by Crippen LogP contribution is -2.16. The molecule has 8 nitrogen and oxygen atoms in total. The summed E-state index contributed by atoms with van der Waals surface area (Å²) in [5, 5.41) is 0. The van der Waals surface area contributed by atoms with E-state index in [-0.39, 0.29) is 65.0 Å². The van der Waals surface area contributed by atoms with Crippen molar-refractivity contribution in [1.29, 1.82) is 0 Å². The van der Waals surface area contributed by atoms with Gasteiger partial charge in [-0.25, -0.2) is 19.9 Å². The van der Waals surface area contributed by atoms with Gasteiger partial charge in [-0.3, -0.25) is 0 Å². The number of fused-ring (bicyclic) bond motifs is 16.